The summed E-state index contributed by atoms with van der Waals surface area (Å²) in [4.78, 5) is 0. The average Bonchev–Trinajstić information content (AvgIpc) is 2.13. The molecule has 0 saturated carbocycles. The number of hydrogen-bond acceptors (Lipinski definition) is 2. The van der Waals surface area contributed by atoms with Crippen LogP contribution < -0.4 is 0 Å². The molecule has 0 bridgehead atoms. The molecule has 0 aliphatic heterocycles. The van der Waals surface area contributed by atoms with Gasteiger partial charge in [0.2, 0.25) is 5.82 Å². The van der Waals surface area contributed by atoms with Gasteiger partial charge in [0, 0.05) is 6.07 Å². The van der Waals surface area contributed by atoms with Crippen molar-refractivity contribution in [3.8, 4) is 0 Å². The molecule has 1 rings (SSSR count). The molecule has 0 unspecified atom stereocenters. The Morgan fingerprint density at radius 1 is 0.786 bits per heavy atom. The Morgan fingerprint density at radius 2 is 1.07 bits per heavy atom. The van der Waals surface area contributed by atoms with Gasteiger partial charge >= 0.3 is 7.69 Å². The standard InChI is InChI=1S/C6HF5.BH3O2/c7-2-1-3(8)5(10)6(11)4(2)9;2-1-3/h1H;1-3H. The fourth-order valence-corrected chi connectivity index (χ4v) is 0.544. The van der Waals surface area contributed by atoms with E-state index in [0.717, 1.165) is 0 Å². The van der Waals surface area contributed by atoms with Crippen molar-refractivity contribution >= 4 is 7.69 Å². The second-order valence-electron chi connectivity index (χ2n) is 1.92. The summed E-state index contributed by atoms with van der Waals surface area (Å²) in [5.41, 5.74) is 0. The fraction of sp³-hybridized carbons (Fsp3) is 0. The van der Waals surface area contributed by atoms with Crippen molar-refractivity contribution in [1.82, 2.24) is 0 Å². The maximum atomic E-state index is 12.0. The third kappa shape index (κ3) is 2.97. The van der Waals surface area contributed by atoms with Crippen LogP contribution in [0.3, 0.4) is 0 Å². The molecule has 1 aromatic rings. The highest BCUT2D eigenvalue weighted by Gasteiger charge is 2.18. The largest absolute Gasteiger partial charge is 0.432 e. The zero-order chi connectivity index (χ0) is 11.3. The van der Waals surface area contributed by atoms with Crippen molar-refractivity contribution in [2.75, 3.05) is 0 Å². The molecule has 0 atom stereocenters. The lowest BCUT2D eigenvalue weighted by Crippen LogP contribution is -1.98. The minimum absolute atomic E-state index is 0.0618. The molecule has 14 heavy (non-hydrogen) atoms. The summed E-state index contributed by atoms with van der Waals surface area (Å²) in [6.45, 7) is 0. The second-order valence-corrected chi connectivity index (χ2v) is 1.92. The van der Waals surface area contributed by atoms with E-state index in [9.17, 15) is 22.0 Å². The minimum Gasteiger partial charge on any atom is -0.430 e. The molecular formula is C6H4BF5O2. The van der Waals surface area contributed by atoms with Crippen LogP contribution >= 0.6 is 0 Å². The monoisotopic (exact) mass is 214 g/mol. The van der Waals surface area contributed by atoms with Crippen LogP contribution in [0.1, 0.15) is 0 Å². The highest BCUT2D eigenvalue weighted by molar-refractivity contribution is 6.13. The quantitative estimate of drug-likeness (QED) is 0.287. The first kappa shape index (κ1) is 12.9. The summed E-state index contributed by atoms with van der Waals surface area (Å²) >= 11 is 0. The van der Waals surface area contributed by atoms with Gasteiger partial charge in [-0.2, -0.15) is 0 Å². The molecule has 78 valence electrons. The van der Waals surface area contributed by atoms with Crippen molar-refractivity contribution in [3.05, 3.63) is 35.2 Å². The molecular weight excluding hydrogens is 210 g/mol. The molecule has 0 heterocycles. The maximum absolute atomic E-state index is 12.0. The van der Waals surface area contributed by atoms with Gasteiger partial charge in [-0.15, -0.1) is 0 Å². The molecule has 1 aromatic carbocycles. The Labute approximate surface area is 75.9 Å². The van der Waals surface area contributed by atoms with Crippen LogP contribution in [0.4, 0.5) is 22.0 Å². The summed E-state index contributed by atoms with van der Waals surface area (Å²) in [5.74, 6) is -9.65. The molecule has 0 fully saturated rings. The Morgan fingerprint density at radius 3 is 1.36 bits per heavy atom. The SMILES string of the molecule is Fc1cc(F)c(F)c(F)c1F.OBO. The lowest BCUT2D eigenvalue weighted by atomic mass is 10.3. The van der Waals surface area contributed by atoms with Gasteiger partial charge in [0.05, 0.1) is 0 Å². The number of rotatable bonds is 0. The highest BCUT2D eigenvalue weighted by Crippen LogP contribution is 2.16. The third-order valence-corrected chi connectivity index (χ3v) is 1.06. The maximum Gasteiger partial charge on any atom is 0.432 e. The van der Waals surface area contributed by atoms with Gasteiger partial charge in [0.15, 0.2) is 23.3 Å². The first-order valence-corrected chi connectivity index (χ1v) is 3.15. The van der Waals surface area contributed by atoms with Crippen LogP contribution in [0, 0.1) is 29.1 Å². The van der Waals surface area contributed by atoms with Gasteiger partial charge in [-0.25, -0.2) is 22.0 Å². The summed E-state index contributed by atoms with van der Waals surface area (Å²) in [6.07, 6.45) is 0. The van der Waals surface area contributed by atoms with Crippen LogP contribution in [-0.4, -0.2) is 17.7 Å². The molecule has 0 saturated heterocycles. The number of benzene rings is 1. The van der Waals surface area contributed by atoms with Crippen LogP contribution in [-0.2, 0) is 0 Å². The van der Waals surface area contributed by atoms with Gasteiger partial charge in [-0.05, 0) is 0 Å². The van der Waals surface area contributed by atoms with Crippen molar-refractivity contribution in [3.63, 3.8) is 0 Å². The molecule has 2 N–H and O–H groups in total. The van der Waals surface area contributed by atoms with Gasteiger partial charge in [0.25, 0.3) is 0 Å². The van der Waals surface area contributed by atoms with Crippen LogP contribution in [0.25, 0.3) is 0 Å². The highest BCUT2D eigenvalue weighted by atomic mass is 19.2. The van der Waals surface area contributed by atoms with Crippen molar-refractivity contribution in [2.24, 2.45) is 0 Å². The molecule has 8 heteroatoms. The number of hydrogen-bond donors (Lipinski definition) is 2. The predicted octanol–water partition coefficient (Wildman–Crippen LogP) is 0.620. The Balaban J connectivity index is 0.000000500. The summed E-state index contributed by atoms with van der Waals surface area (Å²) in [6, 6.07) is -0.0618. The van der Waals surface area contributed by atoms with Crippen LogP contribution in [0.5, 0.6) is 0 Å². The van der Waals surface area contributed by atoms with Crippen molar-refractivity contribution in [1.29, 1.82) is 0 Å². The molecule has 2 nitrogen and oxygen atoms in total. The summed E-state index contributed by atoms with van der Waals surface area (Å²) < 4.78 is 60.0. The topological polar surface area (TPSA) is 40.5 Å². The van der Waals surface area contributed by atoms with Gasteiger partial charge in [-0.1, -0.05) is 0 Å². The van der Waals surface area contributed by atoms with E-state index < -0.39 is 36.8 Å². The first-order chi connectivity index (χ1) is 6.45. The van der Waals surface area contributed by atoms with E-state index >= 15 is 0 Å². The molecule has 0 spiro atoms. The van der Waals surface area contributed by atoms with E-state index in [1.165, 1.54) is 0 Å². The van der Waals surface area contributed by atoms with Crippen LogP contribution in [0.15, 0.2) is 6.07 Å². The third-order valence-electron chi connectivity index (χ3n) is 1.06. The van der Waals surface area contributed by atoms with E-state index in [0.29, 0.717) is 0 Å². The average molecular weight is 214 g/mol. The Hall–Kier alpha value is -1.15. The first-order valence-electron chi connectivity index (χ1n) is 3.15. The van der Waals surface area contributed by atoms with Gasteiger partial charge in [0.1, 0.15) is 0 Å². The predicted molar refractivity (Wildman–Crippen MR) is 37.8 cm³/mol. The molecule has 0 amide bonds. The summed E-state index contributed by atoms with van der Waals surface area (Å²) in [7, 11) is -0.750. The lowest BCUT2D eigenvalue weighted by molar-refractivity contribution is 0.378. The zero-order valence-electron chi connectivity index (χ0n) is 6.57. The Kier molecular flexibility index (Phi) is 5.10. The van der Waals surface area contributed by atoms with Crippen LogP contribution in [0.2, 0.25) is 0 Å². The minimum atomic E-state index is -2.14. The molecule has 0 radical (unpaired) electrons. The molecule has 0 aliphatic rings. The smallest absolute Gasteiger partial charge is 0.430 e. The van der Waals surface area contributed by atoms with Crippen molar-refractivity contribution in [2.45, 2.75) is 0 Å². The van der Waals surface area contributed by atoms with Gasteiger partial charge < -0.3 is 10.0 Å². The van der Waals surface area contributed by atoms with E-state index in [1.54, 1.807) is 0 Å². The normalized spacial score (nSPS) is 9.07. The van der Waals surface area contributed by atoms with E-state index in [-0.39, 0.29) is 6.07 Å². The van der Waals surface area contributed by atoms with Gasteiger partial charge in [-0.3, -0.25) is 0 Å². The number of halogens is 5. The summed E-state index contributed by atoms with van der Waals surface area (Å²) in [5, 5.41) is 14.2. The fourth-order valence-electron chi connectivity index (χ4n) is 0.544. The molecule has 0 aliphatic carbocycles. The Bertz CT molecular complexity index is 293. The molecule has 0 aromatic heterocycles. The van der Waals surface area contributed by atoms with E-state index in [2.05, 4.69) is 0 Å². The van der Waals surface area contributed by atoms with E-state index in [4.69, 9.17) is 10.0 Å². The zero-order valence-corrected chi connectivity index (χ0v) is 6.57. The van der Waals surface area contributed by atoms with Crippen molar-refractivity contribution < 1.29 is 32.0 Å². The second kappa shape index (κ2) is 5.56. The lowest BCUT2D eigenvalue weighted by Gasteiger charge is -1.96. The van der Waals surface area contributed by atoms with E-state index in [1.807, 2.05) is 0 Å².